The number of hydrogen-bond acceptors (Lipinski definition) is 8. The maximum absolute atomic E-state index is 12.6. The van der Waals surface area contributed by atoms with E-state index in [1.165, 1.54) is 29.6 Å². The van der Waals surface area contributed by atoms with Gasteiger partial charge in [0.2, 0.25) is 21.8 Å². The Morgan fingerprint density at radius 2 is 1.69 bits per heavy atom. The van der Waals surface area contributed by atoms with E-state index in [1.54, 1.807) is 6.07 Å². The lowest BCUT2D eigenvalue weighted by Gasteiger charge is -2.30. The summed E-state index contributed by atoms with van der Waals surface area (Å²) in [6.07, 6.45) is 4.45. The van der Waals surface area contributed by atoms with Crippen LogP contribution >= 0.6 is 0 Å². The van der Waals surface area contributed by atoms with Gasteiger partial charge in [-0.15, -0.1) is 10.2 Å². The predicted molar refractivity (Wildman–Crippen MR) is 165 cm³/mol. The van der Waals surface area contributed by atoms with Gasteiger partial charge in [0.05, 0.1) is 12.3 Å². The molecule has 2 aromatic heterocycles. The molecule has 0 spiro atoms. The van der Waals surface area contributed by atoms with Crippen LogP contribution in [0.3, 0.4) is 0 Å². The van der Waals surface area contributed by atoms with Crippen LogP contribution in [0.4, 0.5) is 11.6 Å². The number of benzene rings is 2. The Labute approximate surface area is 248 Å². The second kappa shape index (κ2) is 11.9. The third-order valence-corrected chi connectivity index (χ3v) is 9.71. The number of aromatic nitrogens is 3. The zero-order chi connectivity index (χ0) is 29.3. The molecule has 1 aliphatic carbocycles. The van der Waals surface area contributed by atoms with Crippen molar-refractivity contribution in [1.29, 1.82) is 0 Å². The highest BCUT2D eigenvalue weighted by Gasteiger charge is 2.35. The van der Waals surface area contributed by atoms with Gasteiger partial charge in [0, 0.05) is 31.6 Å². The third kappa shape index (κ3) is 6.34. The summed E-state index contributed by atoms with van der Waals surface area (Å²) in [5.74, 6) is 3.30. The van der Waals surface area contributed by atoms with Crippen LogP contribution < -0.4 is 14.5 Å². The van der Waals surface area contributed by atoms with Gasteiger partial charge >= 0.3 is 0 Å². The summed E-state index contributed by atoms with van der Waals surface area (Å²) in [6, 6.07) is 24.2. The molecule has 3 heterocycles. The molecule has 0 amide bonds. The Morgan fingerprint density at radius 1 is 1.00 bits per heavy atom. The molecule has 6 rings (SSSR count). The average molecular weight is 587 g/mol. The Balaban J connectivity index is 1.38. The first-order valence-corrected chi connectivity index (χ1v) is 16.5. The molecule has 2 fully saturated rings. The molecule has 1 aliphatic heterocycles. The highest BCUT2D eigenvalue weighted by molar-refractivity contribution is 7.92. The molecule has 1 N–H and O–H groups in total. The minimum absolute atomic E-state index is 0.104. The molecule has 220 valence electrons. The summed E-state index contributed by atoms with van der Waals surface area (Å²) in [5, 5.41) is 12.5. The van der Waals surface area contributed by atoms with Crippen LogP contribution in [0.1, 0.15) is 55.2 Å². The minimum atomic E-state index is -3.55. The molecule has 1 unspecified atom stereocenters. The zero-order valence-corrected chi connectivity index (χ0v) is 25.2. The molecule has 0 radical (unpaired) electrons. The highest BCUT2D eigenvalue weighted by Crippen LogP contribution is 2.41. The summed E-state index contributed by atoms with van der Waals surface area (Å²) in [4.78, 5) is 7.08. The SMILES string of the molecule is C[C@@H]1C[C@H]1CN(Cc1ccccc1)c1cc(-c2nnc(C3NCCC[C@H]3c3ccccc3)o2)cc(N(C)S(C)(=O)=O)n1. The average Bonchev–Trinajstić information content (AvgIpc) is 3.48. The van der Waals surface area contributed by atoms with Crippen LogP contribution in [0.15, 0.2) is 77.2 Å². The fourth-order valence-electron chi connectivity index (χ4n) is 5.78. The fraction of sp³-hybridized carbons (Fsp3) is 0.406. The van der Waals surface area contributed by atoms with E-state index in [0.717, 1.165) is 31.5 Å². The van der Waals surface area contributed by atoms with Gasteiger partial charge in [0.1, 0.15) is 11.6 Å². The van der Waals surface area contributed by atoms with E-state index in [0.29, 0.717) is 47.4 Å². The van der Waals surface area contributed by atoms with Crippen molar-refractivity contribution in [3.05, 3.63) is 89.8 Å². The summed E-state index contributed by atoms with van der Waals surface area (Å²) < 4.78 is 32.7. The first-order chi connectivity index (χ1) is 20.3. The van der Waals surface area contributed by atoms with Crippen molar-refractivity contribution in [2.45, 2.75) is 44.7 Å². The molecule has 2 aromatic carbocycles. The molecule has 4 aromatic rings. The second-order valence-electron chi connectivity index (χ2n) is 11.7. The van der Waals surface area contributed by atoms with Crippen LogP contribution in [0.5, 0.6) is 0 Å². The monoisotopic (exact) mass is 586 g/mol. The summed E-state index contributed by atoms with van der Waals surface area (Å²) in [6.45, 7) is 4.62. The van der Waals surface area contributed by atoms with Crippen LogP contribution in [-0.4, -0.2) is 50.0 Å². The number of nitrogens with zero attached hydrogens (tertiary/aromatic N) is 5. The largest absolute Gasteiger partial charge is 0.419 e. The highest BCUT2D eigenvalue weighted by atomic mass is 32.2. The van der Waals surface area contributed by atoms with Crippen molar-refractivity contribution in [2.24, 2.45) is 11.8 Å². The lowest BCUT2D eigenvalue weighted by Crippen LogP contribution is -2.33. The van der Waals surface area contributed by atoms with Crippen LogP contribution in [0.2, 0.25) is 0 Å². The van der Waals surface area contributed by atoms with E-state index in [1.807, 2.05) is 30.3 Å². The molecule has 1 saturated heterocycles. The Bertz CT molecular complexity index is 1610. The van der Waals surface area contributed by atoms with Gasteiger partial charge in [-0.05, 0) is 60.9 Å². The molecule has 9 nitrogen and oxygen atoms in total. The van der Waals surface area contributed by atoms with Crippen LogP contribution in [-0.2, 0) is 16.6 Å². The number of hydrogen-bond donors (Lipinski definition) is 1. The quantitative estimate of drug-likeness (QED) is 0.264. The van der Waals surface area contributed by atoms with Crippen molar-refractivity contribution in [1.82, 2.24) is 20.5 Å². The molecule has 0 bridgehead atoms. The Kier molecular flexibility index (Phi) is 8.00. The van der Waals surface area contributed by atoms with Gasteiger partial charge in [0.15, 0.2) is 0 Å². The third-order valence-electron chi connectivity index (χ3n) is 8.53. The van der Waals surface area contributed by atoms with Crippen LogP contribution in [0, 0.1) is 11.8 Å². The molecule has 4 atom stereocenters. The van der Waals surface area contributed by atoms with E-state index in [2.05, 4.69) is 63.7 Å². The van der Waals surface area contributed by atoms with E-state index >= 15 is 0 Å². The van der Waals surface area contributed by atoms with Gasteiger partial charge in [-0.1, -0.05) is 67.6 Å². The smallest absolute Gasteiger partial charge is 0.248 e. The molecular weight excluding hydrogens is 548 g/mol. The summed E-state index contributed by atoms with van der Waals surface area (Å²) >= 11 is 0. The Morgan fingerprint density at radius 3 is 2.38 bits per heavy atom. The maximum Gasteiger partial charge on any atom is 0.248 e. The summed E-state index contributed by atoms with van der Waals surface area (Å²) in [5.41, 5.74) is 3.04. The van der Waals surface area contributed by atoms with Crippen molar-refractivity contribution in [3.63, 3.8) is 0 Å². The zero-order valence-electron chi connectivity index (χ0n) is 24.3. The number of pyridine rings is 1. The first-order valence-electron chi connectivity index (χ1n) is 14.6. The van der Waals surface area contributed by atoms with Crippen LogP contribution in [0.25, 0.3) is 11.5 Å². The standard InChI is InChI=1S/C32H38N6O3S/c1-22-17-26(22)21-38(20-23-11-6-4-7-12-23)29-19-25(18-28(34-29)37(2)42(3,39)40)31-35-36-32(41-31)30-27(15-10-16-33-30)24-13-8-5-9-14-24/h4-9,11-14,18-19,22,26-27,30,33H,10,15-17,20-21H2,1-3H3/t22-,26+,27+,30?/m1/s1. The predicted octanol–water partition coefficient (Wildman–Crippen LogP) is 5.40. The normalized spacial score (nSPS) is 22.1. The molecule has 2 aliphatic rings. The van der Waals surface area contributed by atoms with Crippen molar-refractivity contribution < 1.29 is 12.8 Å². The molecule has 42 heavy (non-hydrogen) atoms. The maximum atomic E-state index is 12.6. The molecule has 10 heteroatoms. The van der Waals surface area contributed by atoms with Crippen molar-refractivity contribution in [2.75, 3.05) is 35.6 Å². The molecular formula is C32H38N6O3S. The first kappa shape index (κ1) is 28.4. The van der Waals surface area contributed by atoms with E-state index in [4.69, 9.17) is 9.40 Å². The molecule has 1 saturated carbocycles. The van der Waals surface area contributed by atoms with Crippen molar-refractivity contribution >= 4 is 21.7 Å². The number of piperidine rings is 1. The number of anilines is 2. The van der Waals surface area contributed by atoms with E-state index in [9.17, 15) is 8.42 Å². The van der Waals surface area contributed by atoms with Gasteiger partial charge in [-0.2, -0.15) is 0 Å². The lowest BCUT2D eigenvalue weighted by atomic mass is 9.85. The Hall–Kier alpha value is -3.76. The van der Waals surface area contributed by atoms with Gasteiger partial charge < -0.3 is 14.6 Å². The summed E-state index contributed by atoms with van der Waals surface area (Å²) in [7, 11) is -2.03. The topological polar surface area (TPSA) is 104 Å². The van der Waals surface area contributed by atoms with Gasteiger partial charge in [-0.25, -0.2) is 13.4 Å². The van der Waals surface area contributed by atoms with Gasteiger partial charge in [-0.3, -0.25) is 4.31 Å². The van der Waals surface area contributed by atoms with E-state index in [-0.39, 0.29) is 12.0 Å². The second-order valence-corrected chi connectivity index (χ2v) is 13.7. The number of nitrogens with one attached hydrogen (secondary N) is 1. The van der Waals surface area contributed by atoms with Gasteiger partial charge in [0.25, 0.3) is 0 Å². The van der Waals surface area contributed by atoms with Crippen molar-refractivity contribution in [3.8, 4) is 11.5 Å². The lowest BCUT2D eigenvalue weighted by molar-refractivity contribution is 0.303. The van der Waals surface area contributed by atoms with E-state index < -0.39 is 10.0 Å². The number of rotatable bonds is 10. The fourth-order valence-corrected chi connectivity index (χ4v) is 6.22. The minimum Gasteiger partial charge on any atom is -0.419 e. The number of sulfonamides is 1.